The zero-order valence-corrected chi connectivity index (χ0v) is 12.8. The highest BCUT2D eigenvalue weighted by Gasteiger charge is 2.32. The SMILES string of the molecule is CCNc1ncnc(NC2(CO)CCCCC2)c1Br. The first kappa shape index (κ1) is 14.5. The molecule has 1 fully saturated rings. The Kier molecular flexibility index (Phi) is 4.99. The summed E-state index contributed by atoms with van der Waals surface area (Å²) in [5, 5.41) is 16.3. The van der Waals surface area contributed by atoms with E-state index in [2.05, 4.69) is 36.5 Å². The number of aliphatic hydroxyl groups is 1. The van der Waals surface area contributed by atoms with E-state index < -0.39 is 0 Å². The van der Waals surface area contributed by atoms with Gasteiger partial charge in [-0.2, -0.15) is 0 Å². The molecule has 2 rings (SSSR count). The fourth-order valence-corrected chi connectivity index (χ4v) is 2.99. The van der Waals surface area contributed by atoms with Crippen molar-refractivity contribution in [3.63, 3.8) is 0 Å². The van der Waals surface area contributed by atoms with E-state index in [4.69, 9.17) is 0 Å². The van der Waals surface area contributed by atoms with E-state index in [1.807, 2.05) is 6.92 Å². The summed E-state index contributed by atoms with van der Waals surface area (Å²) in [4.78, 5) is 8.49. The third-order valence-corrected chi connectivity index (χ3v) is 4.38. The lowest BCUT2D eigenvalue weighted by molar-refractivity contribution is 0.172. The monoisotopic (exact) mass is 328 g/mol. The average molecular weight is 329 g/mol. The molecular formula is C13H21BrN4O. The molecule has 1 aromatic rings. The van der Waals surface area contributed by atoms with Crippen molar-refractivity contribution < 1.29 is 5.11 Å². The van der Waals surface area contributed by atoms with E-state index in [-0.39, 0.29) is 12.1 Å². The lowest BCUT2D eigenvalue weighted by Gasteiger charge is -2.37. The highest BCUT2D eigenvalue weighted by molar-refractivity contribution is 9.10. The minimum Gasteiger partial charge on any atom is -0.394 e. The Morgan fingerprint density at radius 3 is 2.58 bits per heavy atom. The van der Waals surface area contributed by atoms with E-state index in [0.717, 1.165) is 48.3 Å². The molecule has 5 nitrogen and oxygen atoms in total. The number of hydrogen-bond donors (Lipinski definition) is 3. The maximum atomic E-state index is 9.73. The fraction of sp³-hybridized carbons (Fsp3) is 0.692. The van der Waals surface area contributed by atoms with Crippen LogP contribution in [0.5, 0.6) is 0 Å². The van der Waals surface area contributed by atoms with Gasteiger partial charge in [-0.3, -0.25) is 0 Å². The number of nitrogens with one attached hydrogen (secondary N) is 2. The standard InChI is InChI=1S/C13H21BrN4O/c1-2-15-11-10(14)12(17-9-16-11)18-13(8-19)6-4-3-5-7-13/h9,19H,2-8H2,1H3,(H2,15,16,17,18). The van der Waals surface area contributed by atoms with Gasteiger partial charge in [0, 0.05) is 6.54 Å². The summed E-state index contributed by atoms with van der Waals surface area (Å²) in [6, 6.07) is 0. The highest BCUT2D eigenvalue weighted by atomic mass is 79.9. The molecule has 1 aliphatic rings. The van der Waals surface area contributed by atoms with Gasteiger partial charge >= 0.3 is 0 Å². The van der Waals surface area contributed by atoms with Gasteiger partial charge in [-0.05, 0) is 35.7 Å². The van der Waals surface area contributed by atoms with Gasteiger partial charge < -0.3 is 15.7 Å². The summed E-state index contributed by atoms with van der Waals surface area (Å²) in [7, 11) is 0. The normalized spacial score (nSPS) is 18.1. The number of hydrogen-bond acceptors (Lipinski definition) is 5. The molecule has 0 spiro atoms. The number of aromatic nitrogens is 2. The fourth-order valence-electron chi connectivity index (χ4n) is 2.55. The molecule has 0 unspecified atom stereocenters. The minimum absolute atomic E-state index is 0.139. The molecular weight excluding hydrogens is 308 g/mol. The van der Waals surface area contributed by atoms with E-state index >= 15 is 0 Å². The van der Waals surface area contributed by atoms with Gasteiger partial charge in [0.15, 0.2) is 0 Å². The van der Waals surface area contributed by atoms with Crippen molar-refractivity contribution in [2.75, 3.05) is 23.8 Å². The molecule has 106 valence electrons. The van der Waals surface area contributed by atoms with Crippen molar-refractivity contribution in [1.29, 1.82) is 0 Å². The quantitative estimate of drug-likeness (QED) is 0.775. The van der Waals surface area contributed by atoms with Crippen LogP contribution < -0.4 is 10.6 Å². The Hall–Kier alpha value is -0.880. The second-order valence-corrected chi connectivity index (χ2v) is 5.83. The summed E-state index contributed by atoms with van der Waals surface area (Å²) in [6.07, 6.45) is 7.05. The molecule has 1 saturated carbocycles. The molecule has 0 radical (unpaired) electrons. The van der Waals surface area contributed by atoms with Crippen molar-refractivity contribution in [3.8, 4) is 0 Å². The van der Waals surface area contributed by atoms with Gasteiger partial charge in [-0.1, -0.05) is 19.3 Å². The zero-order chi connectivity index (χ0) is 13.7. The topological polar surface area (TPSA) is 70.1 Å². The van der Waals surface area contributed by atoms with Crippen molar-refractivity contribution in [1.82, 2.24) is 9.97 Å². The lowest BCUT2D eigenvalue weighted by Crippen LogP contribution is -2.44. The molecule has 0 aromatic carbocycles. The molecule has 6 heteroatoms. The van der Waals surface area contributed by atoms with Gasteiger partial charge in [-0.15, -0.1) is 0 Å². The average Bonchev–Trinajstić information content (AvgIpc) is 2.45. The van der Waals surface area contributed by atoms with E-state index in [1.54, 1.807) is 6.33 Å². The van der Waals surface area contributed by atoms with Crippen LogP contribution in [-0.2, 0) is 0 Å². The summed E-state index contributed by atoms with van der Waals surface area (Å²) in [5.41, 5.74) is -0.237. The maximum Gasteiger partial charge on any atom is 0.146 e. The lowest BCUT2D eigenvalue weighted by atomic mass is 9.82. The molecule has 0 aliphatic heterocycles. The molecule has 0 saturated heterocycles. The second-order valence-electron chi connectivity index (χ2n) is 5.04. The van der Waals surface area contributed by atoms with Gasteiger partial charge in [-0.25, -0.2) is 9.97 Å². The van der Waals surface area contributed by atoms with Gasteiger partial charge in [0.1, 0.15) is 22.4 Å². The van der Waals surface area contributed by atoms with E-state index in [0.29, 0.717) is 0 Å². The first-order valence-electron chi connectivity index (χ1n) is 6.84. The van der Waals surface area contributed by atoms with Crippen molar-refractivity contribution >= 4 is 27.6 Å². The predicted octanol–water partition coefficient (Wildman–Crippen LogP) is 2.78. The van der Waals surface area contributed by atoms with Crippen molar-refractivity contribution in [2.24, 2.45) is 0 Å². The highest BCUT2D eigenvalue weighted by Crippen LogP contribution is 2.34. The van der Waals surface area contributed by atoms with Crippen LogP contribution in [-0.4, -0.2) is 33.8 Å². The maximum absolute atomic E-state index is 9.73. The summed E-state index contributed by atoms with van der Waals surface area (Å²) < 4.78 is 0.829. The number of nitrogens with zero attached hydrogens (tertiary/aromatic N) is 2. The molecule has 0 bridgehead atoms. The van der Waals surface area contributed by atoms with E-state index in [1.165, 1.54) is 6.42 Å². The van der Waals surface area contributed by atoms with Crippen molar-refractivity contribution in [3.05, 3.63) is 10.8 Å². The molecule has 19 heavy (non-hydrogen) atoms. The number of rotatable bonds is 5. The summed E-state index contributed by atoms with van der Waals surface area (Å²) in [6.45, 7) is 2.97. The molecule has 1 aromatic heterocycles. The smallest absolute Gasteiger partial charge is 0.146 e. The Morgan fingerprint density at radius 2 is 1.95 bits per heavy atom. The third kappa shape index (κ3) is 3.36. The number of anilines is 2. The Labute approximate surface area is 122 Å². The summed E-state index contributed by atoms with van der Waals surface area (Å²) >= 11 is 3.53. The van der Waals surface area contributed by atoms with Crippen LogP contribution in [0.1, 0.15) is 39.0 Å². The zero-order valence-electron chi connectivity index (χ0n) is 11.2. The van der Waals surface area contributed by atoms with Gasteiger partial charge in [0.25, 0.3) is 0 Å². The van der Waals surface area contributed by atoms with Crippen LogP contribution in [0, 0.1) is 0 Å². The minimum atomic E-state index is -0.237. The number of aliphatic hydroxyl groups excluding tert-OH is 1. The number of halogens is 1. The predicted molar refractivity (Wildman–Crippen MR) is 80.4 cm³/mol. The first-order chi connectivity index (χ1) is 9.21. The van der Waals surface area contributed by atoms with Crippen LogP contribution in [0.3, 0.4) is 0 Å². The third-order valence-electron chi connectivity index (χ3n) is 3.63. The van der Waals surface area contributed by atoms with Gasteiger partial charge in [0.05, 0.1) is 12.1 Å². The molecule has 0 amide bonds. The second kappa shape index (κ2) is 6.52. The Morgan fingerprint density at radius 1 is 1.26 bits per heavy atom. The van der Waals surface area contributed by atoms with Crippen LogP contribution in [0.25, 0.3) is 0 Å². The summed E-state index contributed by atoms with van der Waals surface area (Å²) in [5.74, 6) is 1.53. The largest absolute Gasteiger partial charge is 0.394 e. The first-order valence-corrected chi connectivity index (χ1v) is 7.63. The Bertz CT molecular complexity index is 421. The Balaban J connectivity index is 2.19. The molecule has 1 heterocycles. The molecule has 1 aliphatic carbocycles. The van der Waals surface area contributed by atoms with Crippen molar-refractivity contribution in [2.45, 2.75) is 44.6 Å². The van der Waals surface area contributed by atoms with E-state index in [9.17, 15) is 5.11 Å². The van der Waals surface area contributed by atoms with Crippen LogP contribution >= 0.6 is 15.9 Å². The van der Waals surface area contributed by atoms with Gasteiger partial charge in [0.2, 0.25) is 0 Å². The van der Waals surface area contributed by atoms with Crippen LogP contribution in [0.4, 0.5) is 11.6 Å². The van der Waals surface area contributed by atoms with Crippen LogP contribution in [0.2, 0.25) is 0 Å². The van der Waals surface area contributed by atoms with Crippen LogP contribution in [0.15, 0.2) is 10.8 Å². The molecule has 0 atom stereocenters. The molecule has 3 N–H and O–H groups in total.